The molecule has 6 nitrogen and oxygen atoms in total. The van der Waals surface area contributed by atoms with E-state index in [9.17, 15) is 18.8 Å². The van der Waals surface area contributed by atoms with Crippen LogP contribution in [0.5, 0.6) is 0 Å². The van der Waals surface area contributed by atoms with Gasteiger partial charge in [-0.1, -0.05) is 36.4 Å². The van der Waals surface area contributed by atoms with E-state index in [0.717, 1.165) is 11.1 Å². The molecule has 0 bridgehead atoms. The zero-order valence-corrected chi connectivity index (χ0v) is 19.2. The van der Waals surface area contributed by atoms with Crippen LogP contribution in [0.25, 0.3) is 0 Å². The Hall–Kier alpha value is -3.84. The Morgan fingerprint density at radius 3 is 1.91 bits per heavy atom. The maximum absolute atomic E-state index is 13.3. The zero-order valence-electron chi connectivity index (χ0n) is 19.2. The number of amides is 3. The van der Waals surface area contributed by atoms with Gasteiger partial charge in [-0.3, -0.25) is 19.3 Å². The second kappa shape index (κ2) is 9.97. The third-order valence-electron chi connectivity index (χ3n) is 5.81. The van der Waals surface area contributed by atoms with Crippen LogP contribution < -0.4 is 0 Å². The minimum absolute atomic E-state index is 0.140. The fourth-order valence-electron chi connectivity index (χ4n) is 3.88. The van der Waals surface area contributed by atoms with E-state index in [4.69, 9.17) is 0 Å². The summed E-state index contributed by atoms with van der Waals surface area (Å²) in [6, 6.07) is 19.9. The van der Waals surface area contributed by atoms with Crippen LogP contribution in [0.1, 0.15) is 42.2 Å². The van der Waals surface area contributed by atoms with Gasteiger partial charge in [0, 0.05) is 25.2 Å². The third-order valence-corrected chi connectivity index (χ3v) is 5.81. The van der Waals surface area contributed by atoms with Crippen molar-refractivity contribution in [3.63, 3.8) is 0 Å². The molecular weight excluding hydrogens is 433 g/mol. The average Bonchev–Trinajstić information content (AvgIpc) is 3.08. The van der Waals surface area contributed by atoms with Crippen LogP contribution in [-0.4, -0.2) is 59.6 Å². The number of nitrogens with zero attached hydrogens (tertiary/aromatic N) is 3. The first-order valence-corrected chi connectivity index (χ1v) is 11.1. The van der Waals surface area contributed by atoms with Crippen molar-refractivity contribution in [2.75, 3.05) is 27.2 Å². The molecule has 0 saturated heterocycles. The van der Waals surface area contributed by atoms with Gasteiger partial charge in [-0.15, -0.1) is 0 Å². The van der Waals surface area contributed by atoms with Gasteiger partial charge in [-0.05, 0) is 61.6 Å². The summed E-state index contributed by atoms with van der Waals surface area (Å²) in [5, 5.41) is 0. The zero-order chi connectivity index (χ0) is 24.2. The van der Waals surface area contributed by atoms with Crippen molar-refractivity contribution in [2.45, 2.75) is 13.1 Å². The Morgan fingerprint density at radius 2 is 1.35 bits per heavy atom. The maximum atomic E-state index is 13.3. The summed E-state index contributed by atoms with van der Waals surface area (Å²) in [6.45, 7) is 1.70. The molecule has 0 aliphatic carbocycles. The molecule has 3 aromatic carbocycles. The van der Waals surface area contributed by atoms with Gasteiger partial charge < -0.3 is 9.80 Å². The summed E-state index contributed by atoms with van der Waals surface area (Å²) in [4.78, 5) is 43.4. The number of hydrogen-bond acceptors (Lipinski definition) is 4. The molecule has 7 heteroatoms. The molecule has 3 aromatic rings. The van der Waals surface area contributed by atoms with Crippen molar-refractivity contribution < 1.29 is 18.8 Å². The Balaban J connectivity index is 1.47. The van der Waals surface area contributed by atoms with Crippen molar-refractivity contribution in [3.05, 3.63) is 106 Å². The fourth-order valence-corrected chi connectivity index (χ4v) is 3.88. The number of imide groups is 1. The predicted molar refractivity (Wildman–Crippen MR) is 127 cm³/mol. The number of likely N-dealkylation sites (N-methyl/N-ethyl adjacent to an activating group) is 1. The summed E-state index contributed by atoms with van der Waals surface area (Å²) in [5.41, 5.74) is 2.93. The monoisotopic (exact) mass is 459 g/mol. The van der Waals surface area contributed by atoms with Gasteiger partial charge in [-0.2, -0.15) is 0 Å². The minimum atomic E-state index is -0.316. The molecular formula is C27H26FN3O3. The van der Waals surface area contributed by atoms with Gasteiger partial charge >= 0.3 is 0 Å². The van der Waals surface area contributed by atoms with E-state index in [0.29, 0.717) is 36.3 Å². The molecule has 34 heavy (non-hydrogen) atoms. The topological polar surface area (TPSA) is 60.9 Å². The lowest BCUT2D eigenvalue weighted by Gasteiger charge is -2.25. The van der Waals surface area contributed by atoms with Gasteiger partial charge in [0.05, 0.1) is 17.7 Å². The number of hydrogen-bond donors (Lipinski definition) is 0. The van der Waals surface area contributed by atoms with E-state index in [1.165, 1.54) is 17.0 Å². The first kappa shape index (κ1) is 23.3. The van der Waals surface area contributed by atoms with Crippen LogP contribution >= 0.6 is 0 Å². The van der Waals surface area contributed by atoms with Crippen molar-refractivity contribution >= 4 is 17.7 Å². The molecule has 0 saturated carbocycles. The Bertz CT molecular complexity index is 1170. The normalized spacial score (nSPS) is 12.9. The lowest BCUT2D eigenvalue weighted by Crippen LogP contribution is -2.36. The summed E-state index contributed by atoms with van der Waals surface area (Å²) in [5.74, 6) is -1.08. The predicted octanol–water partition coefficient (Wildman–Crippen LogP) is 3.83. The molecule has 4 rings (SSSR count). The highest BCUT2D eigenvalue weighted by Crippen LogP contribution is 2.24. The molecule has 1 aliphatic rings. The van der Waals surface area contributed by atoms with Gasteiger partial charge in [0.15, 0.2) is 0 Å². The van der Waals surface area contributed by atoms with E-state index >= 15 is 0 Å². The van der Waals surface area contributed by atoms with Crippen LogP contribution in [-0.2, 0) is 13.1 Å². The van der Waals surface area contributed by atoms with Gasteiger partial charge in [0.25, 0.3) is 17.7 Å². The molecule has 0 radical (unpaired) electrons. The highest BCUT2D eigenvalue weighted by Gasteiger charge is 2.34. The highest BCUT2D eigenvalue weighted by atomic mass is 19.1. The second-order valence-corrected chi connectivity index (χ2v) is 8.60. The van der Waals surface area contributed by atoms with Gasteiger partial charge in [-0.25, -0.2) is 4.39 Å². The Morgan fingerprint density at radius 1 is 0.794 bits per heavy atom. The smallest absolute Gasteiger partial charge is 0.261 e. The minimum Gasteiger partial charge on any atom is -0.333 e. The van der Waals surface area contributed by atoms with E-state index in [1.807, 2.05) is 19.0 Å². The summed E-state index contributed by atoms with van der Waals surface area (Å²) in [7, 11) is 3.88. The summed E-state index contributed by atoms with van der Waals surface area (Å²) >= 11 is 0. The first-order valence-electron chi connectivity index (χ1n) is 11.1. The van der Waals surface area contributed by atoms with Gasteiger partial charge in [0.1, 0.15) is 5.82 Å². The molecule has 0 spiro atoms. The molecule has 0 N–H and O–H groups in total. The van der Waals surface area contributed by atoms with Crippen molar-refractivity contribution in [1.82, 2.24) is 14.7 Å². The number of carbonyl (C=O) groups excluding carboxylic acids is 3. The molecule has 3 amide bonds. The number of carbonyl (C=O) groups is 3. The quantitative estimate of drug-likeness (QED) is 0.481. The number of halogens is 1. The van der Waals surface area contributed by atoms with Crippen LogP contribution in [0.4, 0.5) is 4.39 Å². The Kier molecular flexibility index (Phi) is 6.84. The highest BCUT2D eigenvalue weighted by molar-refractivity contribution is 6.21. The van der Waals surface area contributed by atoms with Crippen LogP contribution in [0.2, 0.25) is 0 Å². The summed E-state index contributed by atoms with van der Waals surface area (Å²) in [6.07, 6.45) is 0. The molecule has 0 fully saturated rings. The second-order valence-electron chi connectivity index (χ2n) is 8.60. The Labute approximate surface area is 198 Å². The first-order chi connectivity index (χ1) is 16.3. The van der Waals surface area contributed by atoms with Crippen molar-refractivity contribution in [3.8, 4) is 0 Å². The van der Waals surface area contributed by atoms with E-state index < -0.39 is 0 Å². The largest absolute Gasteiger partial charge is 0.333 e. The molecule has 174 valence electrons. The number of rotatable bonds is 8. The molecule has 1 heterocycles. The lowest BCUT2D eigenvalue weighted by molar-refractivity contribution is 0.0640. The van der Waals surface area contributed by atoms with E-state index in [1.54, 1.807) is 65.6 Å². The van der Waals surface area contributed by atoms with Crippen molar-refractivity contribution in [2.24, 2.45) is 0 Å². The van der Waals surface area contributed by atoms with Crippen LogP contribution in [0.15, 0.2) is 72.8 Å². The van der Waals surface area contributed by atoms with Crippen LogP contribution in [0, 0.1) is 5.82 Å². The van der Waals surface area contributed by atoms with E-state index in [-0.39, 0.29) is 30.1 Å². The SMILES string of the molecule is CN(C)CCN(Cc1ccc(F)cc1)C(=O)c1ccc(CN2C(=O)c3ccccc3C2=O)cc1. The standard InChI is InChI=1S/C27H26FN3O3/c1-29(2)15-16-30(17-19-9-13-22(28)14-10-19)25(32)21-11-7-20(8-12-21)18-31-26(33)23-5-3-4-6-24(23)27(31)34/h3-14H,15-18H2,1-2H3. The molecule has 0 atom stereocenters. The van der Waals surface area contributed by atoms with E-state index in [2.05, 4.69) is 0 Å². The molecule has 0 aromatic heterocycles. The van der Waals surface area contributed by atoms with Crippen molar-refractivity contribution in [1.29, 1.82) is 0 Å². The fraction of sp³-hybridized carbons (Fsp3) is 0.222. The number of fused-ring (bicyclic) bond motifs is 1. The molecule has 1 aliphatic heterocycles. The lowest BCUT2D eigenvalue weighted by atomic mass is 10.1. The van der Waals surface area contributed by atoms with Gasteiger partial charge in [0.2, 0.25) is 0 Å². The third kappa shape index (κ3) is 5.05. The average molecular weight is 460 g/mol. The summed E-state index contributed by atoms with van der Waals surface area (Å²) < 4.78 is 13.3. The van der Waals surface area contributed by atoms with Crippen LogP contribution in [0.3, 0.4) is 0 Å². The molecule has 0 unspecified atom stereocenters. The number of benzene rings is 3. The maximum Gasteiger partial charge on any atom is 0.261 e.